The fourth-order valence-corrected chi connectivity index (χ4v) is 3.04. The zero-order valence-corrected chi connectivity index (χ0v) is 16.9. The minimum Gasteiger partial charge on any atom is -0.395 e. The Morgan fingerprint density at radius 3 is 2.67 bits per heavy atom. The Hall–Kier alpha value is -3.26. The average Bonchev–Trinajstić information content (AvgIpc) is 3.26. The van der Waals surface area contributed by atoms with Gasteiger partial charge in [-0.25, -0.2) is 5.48 Å². The lowest BCUT2D eigenvalue weighted by molar-refractivity contribution is -0.124. The van der Waals surface area contributed by atoms with Crippen molar-refractivity contribution >= 4 is 22.9 Å². The number of hydroxylamine groups is 1. The maximum absolute atomic E-state index is 11.0. The number of nitrogens with zero attached hydrogens (tertiary/aromatic N) is 2. The van der Waals surface area contributed by atoms with Crippen LogP contribution in [-0.2, 0) is 17.8 Å². The van der Waals surface area contributed by atoms with Gasteiger partial charge in [0.25, 0.3) is 5.91 Å². The number of pyridine rings is 1. The Morgan fingerprint density at radius 2 is 1.97 bits per heavy atom. The van der Waals surface area contributed by atoms with Crippen molar-refractivity contribution in [1.82, 2.24) is 20.3 Å². The number of amides is 1. The highest BCUT2D eigenvalue weighted by molar-refractivity contribution is 5.90. The number of aromatic amines is 1. The van der Waals surface area contributed by atoms with Crippen LogP contribution >= 0.6 is 0 Å². The maximum atomic E-state index is 11.0. The van der Waals surface area contributed by atoms with Crippen molar-refractivity contribution in [2.24, 2.45) is 0 Å². The van der Waals surface area contributed by atoms with Gasteiger partial charge >= 0.3 is 0 Å². The molecule has 0 saturated carbocycles. The van der Waals surface area contributed by atoms with E-state index in [2.05, 4.69) is 52.3 Å². The molecule has 30 heavy (non-hydrogen) atoms. The molecular formula is C23H28N4O3. The molecule has 0 bridgehead atoms. The molecule has 3 aromatic rings. The van der Waals surface area contributed by atoms with Crippen molar-refractivity contribution in [3.8, 4) is 0 Å². The highest BCUT2D eigenvalue weighted by Crippen LogP contribution is 2.15. The Kier molecular flexibility index (Phi) is 9.47. The summed E-state index contributed by atoms with van der Waals surface area (Å²) < 4.78 is 0. The van der Waals surface area contributed by atoms with Gasteiger partial charge in [0.1, 0.15) is 0 Å². The standard InChI is InChI=1S/C21H24N4O3.C2H4/c26-12-11-25(10-8-16-2-5-20-18(13-16)7-9-22-20)15-17-1-3-19(23-14-17)4-6-21(27)24-28;1-2/h1-7,9,13-14,22,26,28H,8,10-12,15H2,(H,24,27);1-2H2/b6-4+;. The quantitative estimate of drug-likeness (QED) is 0.189. The van der Waals surface area contributed by atoms with Crippen LogP contribution in [0.3, 0.4) is 0 Å². The lowest BCUT2D eigenvalue weighted by Gasteiger charge is -2.21. The van der Waals surface area contributed by atoms with E-state index in [1.54, 1.807) is 6.20 Å². The zero-order chi connectivity index (χ0) is 21.8. The first-order valence-corrected chi connectivity index (χ1v) is 9.64. The van der Waals surface area contributed by atoms with Gasteiger partial charge in [0, 0.05) is 43.6 Å². The van der Waals surface area contributed by atoms with Crippen molar-refractivity contribution in [3.05, 3.63) is 84.8 Å². The van der Waals surface area contributed by atoms with Gasteiger partial charge in [-0.15, -0.1) is 13.2 Å². The van der Waals surface area contributed by atoms with Gasteiger partial charge in [-0.1, -0.05) is 12.1 Å². The average molecular weight is 409 g/mol. The van der Waals surface area contributed by atoms with Gasteiger partial charge in [-0.3, -0.25) is 19.9 Å². The summed E-state index contributed by atoms with van der Waals surface area (Å²) in [5, 5.41) is 19.1. The summed E-state index contributed by atoms with van der Waals surface area (Å²) in [6.45, 7) is 8.20. The SMILES string of the molecule is C=C.O=C(/C=C/c1ccc(CN(CCO)CCc2ccc3[nH]ccc3c2)cn1)NO. The summed E-state index contributed by atoms with van der Waals surface area (Å²) in [4.78, 5) is 20.7. The number of benzene rings is 1. The molecule has 0 aliphatic rings. The largest absolute Gasteiger partial charge is 0.395 e. The first-order chi connectivity index (χ1) is 14.7. The smallest absolute Gasteiger partial charge is 0.267 e. The molecule has 0 saturated heterocycles. The number of rotatable bonds is 9. The predicted molar refractivity (Wildman–Crippen MR) is 119 cm³/mol. The summed E-state index contributed by atoms with van der Waals surface area (Å²) in [6, 6.07) is 12.2. The molecule has 0 unspecified atom stereocenters. The molecule has 7 nitrogen and oxygen atoms in total. The van der Waals surface area contributed by atoms with Crippen LogP contribution in [0.4, 0.5) is 0 Å². The Labute approximate surface area is 176 Å². The molecule has 3 rings (SSSR count). The number of nitrogens with one attached hydrogen (secondary N) is 2. The summed E-state index contributed by atoms with van der Waals surface area (Å²) in [7, 11) is 0. The van der Waals surface area contributed by atoms with Gasteiger partial charge in [0.15, 0.2) is 0 Å². The highest BCUT2D eigenvalue weighted by atomic mass is 16.5. The monoisotopic (exact) mass is 408 g/mol. The number of H-pyrrole nitrogens is 1. The molecule has 0 aliphatic carbocycles. The van der Waals surface area contributed by atoms with Gasteiger partial charge in [-0.2, -0.15) is 0 Å². The number of hydrogen-bond acceptors (Lipinski definition) is 5. The van der Waals surface area contributed by atoms with Crippen LogP contribution in [0.25, 0.3) is 17.0 Å². The topological polar surface area (TPSA) is 101 Å². The molecular weight excluding hydrogens is 380 g/mol. The lowest BCUT2D eigenvalue weighted by Crippen LogP contribution is -2.28. The fourth-order valence-electron chi connectivity index (χ4n) is 3.04. The summed E-state index contributed by atoms with van der Waals surface area (Å²) in [6.07, 6.45) is 7.33. The number of aliphatic hydroxyl groups excluding tert-OH is 1. The van der Waals surface area contributed by atoms with Crippen molar-refractivity contribution in [3.63, 3.8) is 0 Å². The van der Waals surface area contributed by atoms with Crippen molar-refractivity contribution in [2.75, 3.05) is 19.7 Å². The molecule has 1 amide bonds. The normalized spacial score (nSPS) is 10.9. The van der Waals surface area contributed by atoms with Crippen LogP contribution in [-0.4, -0.2) is 50.8 Å². The molecule has 0 radical (unpaired) electrons. The van der Waals surface area contributed by atoms with E-state index in [0.717, 1.165) is 24.0 Å². The lowest BCUT2D eigenvalue weighted by atomic mass is 10.1. The number of aliphatic hydroxyl groups is 1. The van der Waals surface area contributed by atoms with E-state index in [1.165, 1.54) is 28.6 Å². The van der Waals surface area contributed by atoms with Crippen molar-refractivity contribution < 1.29 is 15.1 Å². The molecule has 2 aromatic heterocycles. The van der Waals surface area contributed by atoms with Crippen LogP contribution in [0.1, 0.15) is 16.8 Å². The van der Waals surface area contributed by atoms with Gasteiger partial charge in [0.05, 0.1) is 12.3 Å². The first kappa shape index (κ1) is 23.0. The number of fused-ring (bicyclic) bond motifs is 1. The molecule has 0 atom stereocenters. The Bertz CT molecular complexity index is 950. The second-order valence-corrected chi connectivity index (χ2v) is 6.55. The predicted octanol–water partition coefficient (Wildman–Crippen LogP) is 2.92. The van der Waals surface area contributed by atoms with Crippen LogP contribution in [0.2, 0.25) is 0 Å². The molecule has 4 N–H and O–H groups in total. The zero-order valence-electron chi connectivity index (χ0n) is 16.9. The van der Waals surface area contributed by atoms with Crippen molar-refractivity contribution in [1.29, 1.82) is 0 Å². The van der Waals surface area contributed by atoms with E-state index in [9.17, 15) is 9.90 Å². The van der Waals surface area contributed by atoms with Gasteiger partial charge in [-0.05, 0) is 53.3 Å². The third-order valence-electron chi connectivity index (χ3n) is 4.52. The maximum Gasteiger partial charge on any atom is 0.267 e. The molecule has 0 fully saturated rings. The number of carbonyl (C=O) groups excluding carboxylic acids is 1. The Morgan fingerprint density at radius 1 is 1.17 bits per heavy atom. The van der Waals surface area contributed by atoms with E-state index >= 15 is 0 Å². The fraction of sp³-hybridized carbons (Fsp3) is 0.217. The van der Waals surface area contributed by atoms with Crippen LogP contribution < -0.4 is 5.48 Å². The van der Waals surface area contributed by atoms with Gasteiger partial charge in [0.2, 0.25) is 0 Å². The molecule has 7 heteroatoms. The molecule has 0 spiro atoms. The number of carbonyl (C=O) groups is 1. The second kappa shape index (κ2) is 12.3. The van der Waals surface area contributed by atoms with Crippen LogP contribution in [0, 0.1) is 0 Å². The van der Waals surface area contributed by atoms with Crippen LogP contribution in [0.5, 0.6) is 0 Å². The first-order valence-electron chi connectivity index (χ1n) is 9.64. The third kappa shape index (κ3) is 6.97. The van der Waals surface area contributed by atoms with E-state index < -0.39 is 5.91 Å². The summed E-state index contributed by atoms with van der Waals surface area (Å²) in [5.41, 5.74) is 5.58. The van der Waals surface area contributed by atoms with E-state index in [1.807, 2.05) is 18.3 Å². The van der Waals surface area contributed by atoms with E-state index in [0.29, 0.717) is 18.8 Å². The minimum atomic E-state index is -0.599. The van der Waals surface area contributed by atoms with E-state index in [4.69, 9.17) is 5.21 Å². The molecule has 158 valence electrons. The molecule has 1 aromatic carbocycles. The van der Waals surface area contributed by atoms with Gasteiger partial charge < -0.3 is 10.1 Å². The van der Waals surface area contributed by atoms with E-state index in [-0.39, 0.29) is 6.61 Å². The van der Waals surface area contributed by atoms with Crippen molar-refractivity contribution in [2.45, 2.75) is 13.0 Å². The summed E-state index contributed by atoms with van der Waals surface area (Å²) >= 11 is 0. The molecule has 0 aliphatic heterocycles. The van der Waals surface area contributed by atoms with Crippen LogP contribution in [0.15, 0.2) is 68.0 Å². The Balaban J connectivity index is 0.00000155. The summed E-state index contributed by atoms with van der Waals surface area (Å²) in [5.74, 6) is -0.599. The minimum absolute atomic E-state index is 0.0986. The second-order valence-electron chi connectivity index (χ2n) is 6.55. The number of aromatic nitrogens is 2. The highest BCUT2D eigenvalue weighted by Gasteiger charge is 2.07. The number of hydrogen-bond donors (Lipinski definition) is 4. The molecule has 2 heterocycles. The third-order valence-corrected chi connectivity index (χ3v) is 4.52.